The second-order valence-corrected chi connectivity index (χ2v) is 7.70. The van der Waals surface area contributed by atoms with Crippen LogP contribution in [0.1, 0.15) is 35.8 Å². The van der Waals surface area contributed by atoms with Crippen molar-refractivity contribution in [2.24, 2.45) is 5.73 Å². The molecule has 2 heterocycles. The van der Waals surface area contributed by atoms with E-state index in [0.29, 0.717) is 29.9 Å². The van der Waals surface area contributed by atoms with Gasteiger partial charge < -0.3 is 5.73 Å². The van der Waals surface area contributed by atoms with Crippen molar-refractivity contribution in [3.63, 3.8) is 0 Å². The Morgan fingerprint density at radius 1 is 1.03 bits per heavy atom. The number of hydrogen-bond donors (Lipinski definition) is 2. The summed E-state index contributed by atoms with van der Waals surface area (Å²) in [6, 6.07) is 21.8. The van der Waals surface area contributed by atoms with E-state index in [-0.39, 0.29) is 17.5 Å². The van der Waals surface area contributed by atoms with E-state index in [2.05, 4.69) is 21.3 Å². The average Bonchev–Trinajstić information content (AvgIpc) is 3.33. The van der Waals surface area contributed by atoms with Crippen LogP contribution in [0.3, 0.4) is 0 Å². The van der Waals surface area contributed by atoms with E-state index in [1.54, 1.807) is 4.90 Å². The Bertz CT molecular complexity index is 1220. The van der Waals surface area contributed by atoms with E-state index < -0.39 is 5.92 Å². The highest BCUT2D eigenvalue weighted by Crippen LogP contribution is 2.48. The zero-order chi connectivity index (χ0) is 21.4. The van der Waals surface area contributed by atoms with Crippen molar-refractivity contribution in [3.05, 3.63) is 101 Å². The molecule has 7 nitrogen and oxygen atoms in total. The van der Waals surface area contributed by atoms with E-state index in [9.17, 15) is 10.1 Å². The summed E-state index contributed by atoms with van der Waals surface area (Å²) in [5, 5.41) is 16.8. The molecular formula is C24H20N6O. The molecule has 2 atom stereocenters. The van der Waals surface area contributed by atoms with Gasteiger partial charge in [-0.2, -0.15) is 15.3 Å². The number of carbonyl (C=O) groups excluding carboxylic acids is 1. The predicted octanol–water partition coefficient (Wildman–Crippen LogP) is 3.50. The number of rotatable bonds is 3. The molecular weight excluding hydrogens is 388 g/mol. The Balaban J connectivity index is 1.71. The van der Waals surface area contributed by atoms with Crippen LogP contribution in [0.4, 0.5) is 5.95 Å². The molecule has 31 heavy (non-hydrogen) atoms. The van der Waals surface area contributed by atoms with Crippen molar-refractivity contribution < 1.29 is 4.79 Å². The van der Waals surface area contributed by atoms with Crippen LogP contribution in [-0.2, 0) is 4.79 Å². The predicted molar refractivity (Wildman–Crippen MR) is 115 cm³/mol. The van der Waals surface area contributed by atoms with Crippen LogP contribution in [-0.4, -0.2) is 21.0 Å². The number of aromatic nitrogens is 3. The molecule has 0 amide bonds. The lowest BCUT2D eigenvalue weighted by Crippen LogP contribution is -2.40. The van der Waals surface area contributed by atoms with Crippen LogP contribution >= 0.6 is 0 Å². The maximum absolute atomic E-state index is 13.6. The second-order valence-electron chi connectivity index (χ2n) is 7.70. The molecule has 2 aliphatic rings. The largest absolute Gasteiger partial charge is 0.384 e. The van der Waals surface area contributed by atoms with Gasteiger partial charge in [-0.3, -0.25) is 9.69 Å². The number of H-pyrrole nitrogens is 1. The maximum atomic E-state index is 13.6. The van der Waals surface area contributed by atoms with Gasteiger partial charge in [0.15, 0.2) is 5.78 Å². The van der Waals surface area contributed by atoms with Crippen molar-refractivity contribution in [3.8, 4) is 6.07 Å². The van der Waals surface area contributed by atoms with Crippen molar-refractivity contribution in [2.45, 2.75) is 24.7 Å². The normalized spacial score (nSPS) is 21.1. The molecule has 5 rings (SSSR count). The van der Waals surface area contributed by atoms with Crippen molar-refractivity contribution in [2.75, 3.05) is 4.90 Å². The average molecular weight is 408 g/mol. The highest BCUT2D eigenvalue weighted by atomic mass is 16.1. The number of carbonyl (C=O) groups is 1. The lowest BCUT2D eigenvalue weighted by molar-refractivity contribution is -0.116. The minimum atomic E-state index is -0.496. The van der Waals surface area contributed by atoms with E-state index >= 15 is 0 Å². The molecule has 7 heteroatoms. The van der Waals surface area contributed by atoms with Crippen LogP contribution in [0.2, 0.25) is 0 Å². The molecule has 0 radical (unpaired) electrons. The third-order valence-corrected chi connectivity index (χ3v) is 5.99. The molecule has 0 spiro atoms. The Morgan fingerprint density at radius 2 is 1.71 bits per heavy atom. The van der Waals surface area contributed by atoms with E-state index in [1.165, 1.54) is 6.33 Å². The fourth-order valence-electron chi connectivity index (χ4n) is 4.62. The zero-order valence-electron chi connectivity index (χ0n) is 16.7. The summed E-state index contributed by atoms with van der Waals surface area (Å²) < 4.78 is 0. The summed E-state index contributed by atoms with van der Waals surface area (Å²) in [4.78, 5) is 19.5. The molecule has 3 N–H and O–H groups in total. The monoisotopic (exact) mass is 408 g/mol. The summed E-state index contributed by atoms with van der Waals surface area (Å²) in [5.41, 5.74) is 10.2. The van der Waals surface area contributed by atoms with Crippen molar-refractivity contribution >= 4 is 11.7 Å². The highest BCUT2D eigenvalue weighted by Gasteiger charge is 2.43. The number of nitriles is 1. The molecule has 152 valence electrons. The van der Waals surface area contributed by atoms with E-state index in [4.69, 9.17) is 5.73 Å². The smallest absolute Gasteiger partial charge is 0.231 e. The van der Waals surface area contributed by atoms with Gasteiger partial charge >= 0.3 is 0 Å². The zero-order valence-corrected chi connectivity index (χ0v) is 16.7. The molecule has 2 aromatic carbocycles. The fraction of sp³-hybridized carbons (Fsp3) is 0.167. The lowest BCUT2D eigenvalue weighted by Gasteiger charge is -2.40. The number of aromatic amines is 1. The summed E-state index contributed by atoms with van der Waals surface area (Å²) in [5.74, 6) is 0.211. The van der Waals surface area contributed by atoms with Gasteiger partial charge in [-0.25, -0.2) is 5.10 Å². The van der Waals surface area contributed by atoms with Gasteiger partial charge in [0.25, 0.3) is 0 Å². The van der Waals surface area contributed by atoms with Gasteiger partial charge in [-0.15, -0.1) is 0 Å². The Morgan fingerprint density at radius 3 is 2.32 bits per heavy atom. The number of allylic oxidation sites excluding steroid dienone is 3. The number of Topliss-reactive ketones (excluding diaryl/α,β-unsaturated/α-hetero) is 1. The SMILES string of the molecule is N#CC1=C(N)N(c2ncn[nH]2)C2=C(C(=O)CC(c3ccccc3)C2)C1c1ccccc1. The quantitative estimate of drug-likeness (QED) is 0.686. The van der Waals surface area contributed by atoms with Crippen molar-refractivity contribution in [1.82, 2.24) is 15.2 Å². The van der Waals surface area contributed by atoms with Crippen LogP contribution < -0.4 is 10.6 Å². The number of nitrogens with zero attached hydrogens (tertiary/aromatic N) is 4. The summed E-state index contributed by atoms with van der Waals surface area (Å²) >= 11 is 0. The minimum Gasteiger partial charge on any atom is -0.384 e. The Labute approximate surface area is 179 Å². The number of nitrogens with one attached hydrogen (secondary N) is 1. The molecule has 3 aromatic rings. The third-order valence-electron chi connectivity index (χ3n) is 5.99. The second kappa shape index (κ2) is 7.58. The third kappa shape index (κ3) is 3.09. The lowest BCUT2D eigenvalue weighted by atomic mass is 9.72. The van der Waals surface area contributed by atoms with Crippen LogP contribution in [0.25, 0.3) is 0 Å². The Hall–Kier alpha value is -4.18. The van der Waals surface area contributed by atoms with Gasteiger partial charge in [0, 0.05) is 17.7 Å². The van der Waals surface area contributed by atoms with Crippen LogP contribution in [0.15, 0.2) is 89.7 Å². The molecule has 1 aliphatic heterocycles. The van der Waals surface area contributed by atoms with Gasteiger partial charge in [-0.05, 0) is 23.5 Å². The van der Waals surface area contributed by atoms with Gasteiger partial charge in [0.1, 0.15) is 12.1 Å². The van der Waals surface area contributed by atoms with E-state index in [1.807, 2.05) is 60.7 Å². The van der Waals surface area contributed by atoms with Gasteiger partial charge in [0.2, 0.25) is 5.95 Å². The molecule has 2 unspecified atom stereocenters. The number of ketones is 1. The van der Waals surface area contributed by atoms with Crippen LogP contribution in [0.5, 0.6) is 0 Å². The molecule has 0 bridgehead atoms. The Kier molecular flexibility index (Phi) is 4.60. The first-order valence-corrected chi connectivity index (χ1v) is 10.1. The first-order chi connectivity index (χ1) is 15.2. The van der Waals surface area contributed by atoms with Gasteiger partial charge in [-0.1, -0.05) is 60.7 Å². The molecule has 1 aromatic heterocycles. The molecule has 0 saturated heterocycles. The number of hydrogen-bond acceptors (Lipinski definition) is 6. The minimum absolute atomic E-state index is 0.0192. The number of nitrogens with two attached hydrogens (primary N) is 1. The molecule has 1 aliphatic carbocycles. The highest BCUT2D eigenvalue weighted by molar-refractivity contribution is 6.01. The maximum Gasteiger partial charge on any atom is 0.231 e. The standard InChI is InChI=1S/C24H20N6O/c25-13-18-21(16-9-5-2-6-10-16)22-19(30(23(18)26)24-27-14-28-29-24)11-17(12-20(22)31)15-7-3-1-4-8-15/h1-10,14,17,21H,11-12,26H2,(H,27,28,29). The summed E-state index contributed by atoms with van der Waals surface area (Å²) in [7, 11) is 0. The van der Waals surface area contributed by atoms with Crippen molar-refractivity contribution in [1.29, 1.82) is 5.26 Å². The summed E-state index contributed by atoms with van der Waals surface area (Å²) in [6.45, 7) is 0. The first kappa shape index (κ1) is 18.8. The van der Waals surface area contributed by atoms with Crippen LogP contribution in [0, 0.1) is 11.3 Å². The van der Waals surface area contributed by atoms with Gasteiger partial charge in [0.05, 0.1) is 17.6 Å². The number of anilines is 1. The van der Waals surface area contributed by atoms with E-state index in [0.717, 1.165) is 16.8 Å². The first-order valence-electron chi connectivity index (χ1n) is 10.1. The molecule has 0 fully saturated rings. The topological polar surface area (TPSA) is 112 Å². The fourth-order valence-corrected chi connectivity index (χ4v) is 4.62. The molecule has 0 saturated carbocycles. The summed E-state index contributed by atoms with van der Waals surface area (Å²) in [6.07, 6.45) is 2.38. The number of benzene rings is 2.